The first kappa shape index (κ1) is 7.77. The third-order valence-electron chi connectivity index (χ3n) is 3.60. The summed E-state index contributed by atoms with van der Waals surface area (Å²) >= 11 is 3.72. The molecule has 3 fully saturated rings. The molecule has 3 unspecified atom stereocenters. The maximum Gasteiger partial charge on any atom is 0.151 e. The van der Waals surface area contributed by atoms with E-state index in [0.29, 0.717) is 0 Å². The summed E-state index contributed by atoms with van der Waals surface area (Å²) in [5, 5.41) is 0. The SMILES string of the molecule is BrC12CC3CCC1(C3)OCCO2. The van der Waals surface area contributed by atoms with Gasteiger partial charge in [-0.3, -0.25) is 0 Å². The number of halogens is 1. The third-order valence-corrected chi connectivity index (χ3v) is 4.87. The third kappa shape index (κ3) is 0.777. The predicted octanol–water partition coefficient (Wildman–Crippen LogP) is 2.07. The van der Waals surface area contributed by atoms with Crippen molar-refractivity contribution in [2.24, 2.45) is 5.92 Å². The molecule has 2 bridgehead atoms. The zero-order valence-electron chi connectivity index (χ0n) is 7.01. The molecule has 3 rings (SSSR count). The fourth-order valence-corrected chi connectivity index (χ4v) is 4.14. The van der Waals surface area contributed by atoms with E-state index in [1.54, 1.807) is 0 Å². The van der Waals surface area contributed by atoms with Gasteiger partial charge in [-0.05, 0) is 31.6 Å². The highest BCUT2D eigenvalue weighted by Crippen LogP contribution is 2.61. The van der Waals surface area contributed by atoms with E-state index in [4.69, 9.17) is 9.47 Å². The monoisotopic (exact) mass is 232 g/mol. The van der Waals surface area contributed by atoms with Crippen molar-refractivity contribution in [3.63, 3.8) is 0 Å². The molecule has 0 amide bonds. The van der Waals surface area contributed by atoms with Crippen LogP contribution < -0.4 is 0 Å². The van der Waals surface area contributed by atoms with Gasteiger partial charge in [0, 0.05) is 0 Å². The lowest BCUT2D eigenvalue weighted by molar-refractivity contribution is -0.204. The summed E-state index contributed by atoms with van der Waals surface area (Å²) < 4.78 is 11.6. The smallest absolute Gasteiger partial charge is 0.151 e. The van der Waals surface area contributed by atoms with Crippen molar-refractivity contribution < 1.29 is 9.47 Å². The van der Waals surface area contributed by atoms with Crippen molar-refractivity contribution in [2.45, 2.75) is 35.8 Å². The summed E-state index contributed by atoms with van der Waals surface area (Å²) in [5.41, 5.74) is 0.0376. The summed E-state index contributed by atoms with van der Waals surface area (Å²) in [6, 6.07) is 0. The van der Waals surface area contributed by atoms with E-state index in [2.05, 4.69) is 15.9 Å². The number of ether oxygens (including phenoxy) is 2. The molecule has 2 aliphatic carbocycles. The molecule has 1 saturated heterocycles. The van der Waals surface area contributed by atoms with Gasteiger partial charge in [-0.1, -0.05) is 15.9 Å². The van der Waals surface area contributed by atoms with Gasteiger partial charge in [0.2, 0.25) is 0 Å². The molecule has 2 nitrogen and oxygen atoms in total. The van der Waals surface area contributed by atoms with Crippen molar-refractivity contribution in [1.82, 2.24) is 0 Å². The van der Waals surface area contributed by atoms with Crippen LogP contribution >= 0.6 is 15.9 Å². The molecule has 1 spiro atoms. The Morgan fingerprint density at radius 1 is 1.17 bits per heavy atom. The maximum absolute atomic E-state index is 5.91. The molecule has 0 aromatic rings. The Hall–Kier alpha value is 0.400. The van der Waals surface area contributed by atoms with Gasteiger partial charge in [0.05, 0.1) is 13.2 Å². The lowest BCUT2D eigenvalue weighted by Crippen LogP contribution is -2.53. The fraction of sp³-hybridized carbons (Fsp3) is 1.00. The van der Waals surface area contributed by atoms with Gasteiger partial charge in [0.15, 0.2) is 4.51 Å². The molecule has 3 aliphatic rings. The van der Waals surface area contributed by atoms with E-state index in [1.165, 1.54) is 19.3 Å². The first-order valence-electron chi connectivity index (χ1n) is 4.71. The lowest BCUT2D eigenvalue weighted by atomic mass is 9.93. The highest BCUT2D eigenvalue weighted by Gasteiger charge is 2.64. The van der Waals surface area contributed by atoms with Crippen molar-refractivity contribution in [3.8, 4) is 0 Å². The molecule has 3 heteroatoms. The van der Waals surface area contributed by atoms with Crippen molar-refractivity contribution >= 4 is 15.9 Å². The fourth-order valence-electron chi connectivity index (χ4n) is 3.05. The molecule has 1 heterocycles. The zero-order chi connectivity index (χ0) is 8.23. The standard InChI is InChI=1S/C9H13BrO2/c10-9-6-7-1-2-8(9,5-7)11-3-4-12-9/h7H,1-6H2. The van der Waals surface area contributed by atoms with Crippen molar-refractivity contribution in [2.75, 3.05) is 13.2 Å². The molecule has 0 radical (unpaired) electrons. The normalized spacial score (nSPS) is 57.2. The van der Waals surface area contributed by atoms with Crippen LogP contribution in [0.15, 0.2) is 0 Å². The Morgan fingerprint density at radius 2 is 2.00 bits per heavy atom. The predicted molar refractivity (Wildman–Crippen MR) is 48.3 cm³/mol. The van der Waals surface area contributed by atoms with Crippen LogP contribution in [-0.2, 0) is 9.47 Å². The molecular formula is C9H13BrO2. The minimum atomic E-state index is -0.124. The number of rotatable bonds is 0. The Kier molecular flexibility index (Phi) is 1.46. The summed E-state index contributed by atoms with van der Waals surface area (Å²) in [5.74, 6) is 0.836. The molecule has 0 aromatic carbocycles. The summed E-state index contributed by atoms with van der Waals surface area (Å²) in [4.78, 5) is 0. The second-order valence-corrected chi connectivity index (χ2v) is 5.51. The second kappa shape index (κ2) is 2.25. The first-order chi connectivity index (χ1) is 5.74. The molecule has 68 valence electrons. The van der Waals surface area contributed by atoms with E-state index >= 15 is 0 Å². The minimum Gasteiger partial charge on any atom is -0.369 e. The first-order valence-corrected chi connectivity index (χ1v) is 5.50. The molecule has 0 N–H and O–H groups in total. The number of alkyl halides is 1. The van der Waals surface area contributed by atoms with Crippen LogP contribution in [0.1, 0.15) is 25.7 Å². The lowest BCUT2D eigenvalue weighted by Gasteiger charge is -2.45. The van der Waals surface area contributed by atoms with Gasteiger partial charge in [0.1, 0.15) is 5.60 Å². The molecule has 12 heavy (non-hydrogen) atoms. The highest BCUT2D eigenvalue weighted by molar-refractivity contribution is 9.10. The van der Waals surface area contributed by atoms with Gasteiger partial charge >= 0.3 is 0 Å². The van der Waals surface area contributed by atoms with Gasteiger partial charge < -0.3 is 9.47 Å². The number of fused-ring (bicyclic) bond motifs is 1. The van der Waals surface area contributed by atoms with Crippen LogP contribution in [0.25, 0.3) is 0 Å². The van der Waals surface area contributed by atoms with Crippen LogP contribution in [-0.4, -0.2) is 23.3 Å². The van der Waals surface area contributed by atoms with Crippen LogP contribution in [0, 0.1) is 5.92 Å². The Balaban J connectivity index is 1.99. The van der Waals surface area contributed by atoms with E-state index in [-0.39, 0.29) is 10.1 Å². The number of hydrogen-bond donors (Lipinski definition) is 0. The van der Waals surface area contributed by atoms with Crippen LogP contribution in [0.5, 0.6) is 0 Å². The van der Waals surface area contributed by atoms with E-state index < -0.39 is 0 Å². The Labute approximate surface area is 80.7 Å². The van der Waals surface area contributed by atoms with Crippen molar-refractivity contribution in [3.05, 3.63) is 0 Å². The molecule has 0 aromatic heterocycles. The Bertz CT molecular complexity index is 219. The molecular weight excluding hydrogens is 220 g/mol. The zero-order valence-corrected chi connectivity index (χ0v) is 8.60. The van der Waals surface area contributed by atoms with Crippen LogP contribution in [0.4, 0.5) is 0 Å². The minimum absolute atomic E-state index is 0.0376. The molecule has 2 saturated carbocycles. The summed E-state index contributed by atoms with van der Waals surface area (Å²) in [6.45, 7) is 1.53. The topological polar surface area (TPSA) is 18.5 Å². The van der Waals surface area contributed by atoms with E-state index in [9.17, 15) is 0 Å². The van der Waals surface area contributed by atoms with Gasteiger partial charge in [-0.25, -0.2) is 0 Å². The maximum atomic E-state index is 5.91. The summed E-state index contributed by atoms with van der Waals surface area (Å²) in [6.07, 6.45) is 4.87. The summed E-state index contributed by atoms with van der Waals surface area (Å²) in [7, 11) is 0. The van der Waals surface area contributed by atoms with Crippen LogP contribution in [0.2, 0.25) is 0 Å². The van der Waals surface area contributed by atoms with Crippen LogP contribution in [0.3, 0.4) is 0 Å². The quantitative estimate of drug-likeness (QED) is 0.596. The average molecular weight is 233 g/mol. The Morgan fingerprint density at radius 3 is 2.75 bits per heavy atom. The van der Waals surface area contributed by atoms with Crippen molar-refractivity contribution in [1.29, 1.82) is 0 Å². The molecule has 3 atom stereocenters. The van der Waals surface area contributed by atoms with Gasteiger partial charge in [-0.2, -0.15) is 0 Å². The van der Waals surface area contributed by atoms with Gasteiger partial charge in [0.25, 0.3) is 0 Å². The van der Waals surface area contributed by atoms with Gasteiger partial charge in [-0.15, -0.1) is 0 Å². The van der Waals surface area contributed by atoms with E-state index in [0.717, 1.165) is 25.6 Å². The second-order valence-electron chi connectivity index (χ2n) is 4.23. The average Bonchev–Trinajstić information content (AvgIpc) is 2.55. The largest absolute Gasteiger partial charge is 0.369 e. The highest BCUT2D eigenvalue weighted by atomic mass is 79.9. The van der Waals surface area contributed by atoms with E-state index in [1.807, 2.05) is 0 Å². The number of hydrogen-bond acceptors (Lipinski definition) is 2. The molecule has 1 aliphatic heterocycles.